The summed E-state index contributed by atoms with van der Waals surface area (Å²) in [4.78, 5) is 2.00. The molecule has 1 N–H and O–H groups in total. The van der Waals surface area contributed by atoms with Crippen molar-refractivity contribution in [1.29, 1.82) is 0 Å². The smallest absolute Gasteiger partial charge is 0.406 e. The molecule has 0 radical (unpaired) electrons. The number of alkyl halides is 3. The van der Waals surface area contributed by atoms with Gasteiger partial charge in [-0.05, 0) is 24.1 Å². The predicted octanol–water partition coefficient (Wildman–Crippen LogP) is 2.17. The van der Waals surface area contributed by atoms with Crippen molar-refractivity contribution < 1.29 is 27.8 Å². The van der Waals surface area contributed by atoms with Crippen LogP contribution in [-0.2, 0) is 11.3 Å². The van der Waals surface area contributed by atoms with Gasteiger partial charge in [-0.3, -0.25) is 4.90 Å². The summed E-state index contributed by atoms with van der Waals surface area (Å²) in [5.41, 5.74) is 0.701. The highest BCUT2D eigenvalue weighted by atomic mass is 19.4. The average molecular weight is 305 g/mol. The third-order valence-electron chi connectivity index (χ3n) is 3.55. The lowest BCUT2D eigenvalue weighted by atomic mass is 10.2. The van der Waals surface area contributed by atoms with Gasteiger partial charge in [0.25, 0.3) is 0 Å². The molecule has 1 saturated heterocycles. The van der Waals surface area contributed by atoms with Crippen LogP contribution >= 0.6 is 0 Å². The van der Waals surface area contributed by atoms with Crippen LogP contribution in [0.5, 0.6) is 5.75 Å². The van der Waals surface area contributed by atoms with Gasteiger partial charge >= 0.3 is 6.36 Å². The van der Waals surface area contributed by atoms with E-state index in [1.54, 1.807) is 13.2 Å². The average Bonchev–Trinajstić information content (AvgIpc) is 2.79. The molecule has 0 aliphatic carbocycles. The predicted molar refractivity (Wildman–Crippen MR) is 69.8 cm³/mol. The van der Waals surface area contributed by atoms with Gasteiger partial charge in [-0.2, -0.15) is 0 Å². The summed E-state index contributed by atoms with van der Waals surface area (Å²) in [5.74, 6) is -0.233. The Labute approximate surface area is 121 Å². The van der Waals surface area contributed by atoms with Gasteiger partial charge in [-0.15, -0.1) is 13.2 Å². The number of likely N-dealkylation sites (tertiary alicyclic amines) is 1. The zero-order chi connectivity index (χ0) is 15.5. The van der Waals surface area contributed by atoms with Crippen LogP contribution in [0.25, 0.3) is 0 Å². The van der Waals surface area contributed by atoms with Crippen molar-refractivity contribution in [3.63, 3.8) is 0 Å². The van der Waals surface area contributed by atoms with Crippen molar-refractivity contribution in [2.75, 3.05) is 20.3 Å². The molecule has 1 aliphatic rings. The standard InChI is InChI=1S/C14H18F3NO3/c1-20-13-6-11(9-19)18(8-13)7-10-3-2-4-12(5-10)21-14(15,16)17/h2-5,11,13,19H,6-9H2,1H3/t11-,13+/m0/s1. The van der Waals surface area contributed by atoms with E-state index in [9.17, 15) is 18.3 Å². The number of methoxy groups -OCH3 is 1. The molecule has 2 rings (SSSR count). The molecule has 0 aromatic heterocycles. The number of rotatable bonds is 5. The molecular formula is C14H18F3NO3. The largest absolute Gasteiger partial charge is 0.573 e. The minimum absolute atomic E-state index is 0.00139. The van der Waals surface area contributed by atoms with Gasteiger partial charge < -0.3 is 14.6 Å². The molecule has 2 atom stereocenters. The molecule has 0 spiro atoms. The maximum Gasteiger partial charge on any atom is 0.573 e. The van der Waals surface area contributed by atoms with E-state index >= 15 is 0 Å². The Morgan fingerprint density at radius 1 is 1.38 bits per heavy atom. The summed E-state index contributed by atoms with van der Waals surface area (Å²) in [7, 11) is 1.61. The lowest BCUT2D eigenvalue weighted by Crippen LogP contribution is -2.32. The van der Waals surface area contributed by atoms with E-state index in [2.05, 4.69) is 4.74 Å². The van der Waals surface area contributed by atoms with Crippen molar-refractivity contribution >= 4 is 0 Å². The summed E-state index contributed by atoms with van der Waals surface area (Å²) >= 11 is 0. The highest BCUT2D eigenvalue weighted by molar-refractivity contribution is 5.28. The number of nitrogens with zero attached hydrogens (tertiary/aromatic N) is 1. The molecule has 1 heterocycles. The van der Waals surface area contributed by atoms with E-state index in [0.717, 1.165) is 0 Å². The second-order valence-electron chi connectivity index (χ2n) is 5.05. The molecule has 0 bridgehead atoms. The van der Waals surface area contributed by atoms with E-state index < -0.39 is 6.36 Å². The molecule has 0 saturated carbocycles. The van der Waals surface area contributed by atoms with Gasteiger partial charge in [-0.25, -0.2) is 0 Å². The first-order valence-electron chi connectivity index (χ1n) is 6.63. The van der Waals surface area contributed by atoms with Crippen molar-refractivity contribution in [2.24, 2.45) is 0 Å². The molecule has 0 amide bonds. The van der Waals surface area contributed by atoms with Gasteiger partial charge in [0, 0.05) is 26.2 Å². The summed E-state index contributed by atoms with van der Waals surface area (Å²) < 4.78 is 45.8. The highest BCUT2D eigenvalue weighted by Crippen LogP contribution is 2.26. The normalized spacial score (nSPS) is 23.5. The van der Waals surface area contributed by atoms with E-state index in [0.29, 0.717) is 25.1 Å². The van der Waals surface area contributed by atoms with Crippen LogP contribution in [0.2, 0.25) is 0 Å². The Morgan fingerprint density at radius 2 is 2.14 bits per heavy atom. The Hall–Kier alpha value is -1.31. The number of ether oxygens (including phenoxy) is 2. The molecular weight excluding hydrogens is 287 g/mol. The second kappa shape index (κ2) is 6.64. The monoisotopic (exact) mass is 305 g/mol. The maximum absolute atomic E-state index is 12.2. The number of aliphatic hydroxyl groups excluding tert-OH is 1. The minimum atomic E-state index is -4.69. The summed E-state index contributed by atoms with van der Waals surface area (Å²) in [5, 5.41) is 9.36. The first-order valence-corrected chi connectivity index (χ1v) is 6.63. The molecule has 21 heavy (non-hydrogen) atoms. The van der Waals surface area contributed by atoms with Crippen LogP contribution in [0.15, 0.2) is 24.3 Å². The zero-order valence-electron chi connectivity index (χ0n) is 11.6. The Balaban J connectivity index is 2.04. The highest BCUT2D eigenvalue weighted by Gasteiger charge is 2.32. The summed E-state index contributed by atoms with van der Waals surface area (Å²) in [6, 6.07) is 5.85. The van der Waals surface area contributed by atoms with Gasteiger partial charge in [0.15, 0.2) is 0 Å². The molecule has 0 unspecified atom stereocenters. The van der Waals surface area contributed by atoms with Crippen LogP contribution in [-0.4, -0.2) is 48.8 Å². The summed E-state index contributed by atoms with van der Waals surface area (Å²) in [6.45, 7) is 1.09. The number of halogens is 3. The van der Waals surface area contributed by atoms with E-state index in [4.69, 9.17) is 4.74 Å². The molecule has 4 nitrogen and oxygen atoms in total. The van der Waals surface area contributed by atoms with Gasteiger partial charge in [0.2, 0.25) is 0 Å². The fourth-order valence-corrected chi connectivity index (χ4v) is 2.57. The number of aliphatic hydroxyl groups is 1. The third kappa shape index (κ3) is 4.59. The Morgan fingerprint density at radius 3 is 2.76 bits per heavy atom. The second-order valence-corrected chi connectivity index (χ2v) is 5.05. The van der Waals surface area contributed by atoms with Crippen molar-refractivity contribution in [1.82, 2.24) is 4.90 Å². The fraction of sp³-hybridized carbons (Fsp3) is 0.571. The van der Waals surface area contributed by atoms with Crippen LogP contribution in [0, 0.1) is 0 Å². The molecule has 1 fully saturated rings. The Kier molecular flexibility index (Phi) is 5.08. The first-order chi connectivity index (χ1) is 9.91. The van der Waals surface area contributed by atoms with Crippen LogP contribution in [0.3, 0.4) is 0 Å². The molecule has 7 heteroatoms. The molecule has 1 aliphatic heterocycles. The van der Waals surface area contributed by atoms with Gasteiger partial charge in [0.05, 0.1) is 12.7 Å². The topological polar surface area (TPSA) is 41.9 Å². The third-order valence-corrected chi connectivity index (χ3v) is 3.55. The van der Waals surface area contributed by atoms with E-state index in [-0.39, 0.29) is 24.5 Å². The van der Waals surface area contributed by atoms with Crippen molar-refractivity contribution in [3.8, 4) is 5.75 Å². The van der Waals surface area contributed by atoms with Crippen LogP contribution in [0.1, 0.15) is 12.0 Å². The lowest BCUT2D eigenvalue weighted by Gasteiger charge is -2.22. The quantitative estimate of drug-likeness (QED) is 0.905. The number of hydrogen-bond donors (Lipinski definition) is 1. The van der Waals surface area contributed by atoms with Crippen molar-refractivity contribution in [3.05, 3.63) is 29.8 Å². The molecule has 118 valence electrons. The maximum atomic E-state index is 12.2. The number of benzene rings is 1. The van der Waals surface area contributed by atoms with E-state index in [1.165, 1.54) is 18.2 Å². The lowest BCUT2D eigenvalue weighted by molar-refractivity contribution is -0.274. The Bertz CT molecular complexity index is 467. The molecule has 1 aromatic carbocycles. The van der Waals surface area contributed by atoms with Crippen LogP contribution < -0.4 is 4.74 Å². The first kappa shape index (κ1) is 16.1. The summed E-state index contributed by atoms with van der Waals surface area (Å²) in [6.07, 6.45) is -3.94. The molecule has 1 aromatic rings. The SMILES string of the molecule is CO[C@@H]1C[C@@H](CO)N(Cc2cccc(OC(F)(F)F)c2)C1. The van der Waals surface area contributed by atoms with Crippen molar-refractivity contribution in [2.45, 2.75) is 31.5 Å². The van der Waals surface area contributed by atoms with Gasteiger partial charge in [-0.1, -0.05) is 12.1 Å². The van der Waals surface area contributed by atoms with Gasteiger partial charge in [0.1, 0.15) is 5.75 Å². The number of hydrogen-bond acceptors (Lipinski definition) is 4. The van der Waals surface area contributed by atoms with E-state index in [1.807, 2.05) is 4.90 Å². The van der Waals surface area contributed by atoms with Crippen LogP contribution in [0.4, 0.5) is 13.2 Å². The minimum Gasteiger partial charge on any atom is -0.406 e. The fourth-order valence-electron chi connectivity index (χ4n) is 2.57. The zero-order valence-corrected chi connectivity index (χ0v) is 11.6.